The van der Waals surface area contributed by atoms with Crippen molar-refractivity contribution < 1.29 is 4.79 Å². The van der Waals surface area contributed by atoms with Gasteiger partial charge in [-0.25, -0.2) is 4.99 Å². The van der Waals surface area contributed by atoms with Gasteiger partial charge >= 0.3 is 0 Å². The number of likely N-dealkylation sites (N-methyl/N-ethyl adjacent to an activating group) is 1. The van der Waals surface area contributed by atoms with Crippen LogP contribution in [0.25, 0.3) is 0 Å². The zero-order valence-electron chi connectivity index (χ0n) is 14.7. The molecule has 1 atom stereocenters. The highest BCUT2D eigenvalue weighted by Gasteiger charge is 2.08. The molecule has 0 bridgehead atoms. The summed E-state index contributed by atoms with van der Waals surface area (Å²) in [4.78, 5) is 17.6. The molecule has 5 nitrogen and oxygen atoms in total. The van der Waals surface area contributed by atoms with Gasteiger partial charge < -0.3 is 15.5 Å². The van der Waals surface area contributed by atoms with Crippen molar-refractivity contribution in [3.63, 3.8) is 0 Å². The van der Waals surface area contributed by atoms with Gasteiger partial charge in [-0.3, -0.25) is 4.79 Å². The number of rotatable bonds is 9. The van der Waals surface area contributed by atoms with E-state index in [1.807, 2.05) is 0 Å². The number of carbonyl (C=O) groups is 1. The molecule has 2 N–H and O–H groups in total. The smallest absolute Gasteiger partial charge is 0.243 e. The van der Waals surface area contributed by atoms with E-state index < -0.39 is 0 Å². The molecule has 0 aliphatic carbocycles. The first-order valence-electron chi connectivity index (χ1n) is 8.11. The number of nitrogens with zero attached hydrogens (tertiary/aromatic N) is 2. The van der Waals surface area contributed by atoms with E-state index in [2.05, 4.69) is 43.3 Å². The van der Waals surface area contributed by atoms with E-state index >= 15 is 0 Å². The Morgan fingerprint density at radius 2 is 1.86 bits per heavy atom. The van der Waals surface area contributed by atoms with E-state index in [0.717, 1.165) is 31.8 Å². The molecule has 0 rings (SSSR count). The molecule has 0 saturated carbocycles. The quantitative estimate of drug-likeness (QED) is 0.390. The number of carbonyl (C=O) groups excluding carboxylic acids is 1. The van der Waals surface area contributed by atoms with Gasteiger partial charge in [0, 0.05) is 26.7 Å². The predicted molar refractivity (Wildman–Crippen MR) is 90.6 cm³/mol. The molecule has 5 heteroatoms. The van der Waals surface area contributed by atoms with Crippen LogP contribution in [-0.4, -0.2) is 50.0 Å². The average molecular weight is 298 g/mol. The first-order chi connectivity index (χ1) is 9.86. The van der Waals surface area contributed by atoms with Crippen molar-refractivity contribution in [2.75, 3.05) is 27.2 Å². The van der Waals surface area contributed by atoms with Crippen LogP contribution in [0.5, 0.6) is 0 Å². The summed E-state index contributed by atoms with van der Waals surface area (Å²) in [6, 6.07) is 0.356. The van der Waals surface area contributed by atoms with Crippen molar-refractivity contribution in [1.82, 2.24) is 15.5 Å². The Morgan fingerprint density at radius 1 is 1.19 bits per heavy atom. The molecule has 0 aromatic rings. The summed E-state index contributed by atoms with van der Waals surface area (Å²) in [5, 5.41) is 6.70. The second kappa shape index (κ2) is 11.4. The molecule has 21 heavy (non-hydrogen) atoms. The van der Waals surface area contributed by atoms with Crippen LogP contribution in [0.4, 0.5) is 0 Å². The van der Waals surface area contributed by atoms with Gasteiger partial charge in [0.15, 0.2) is 5.96 Å². The van der Waals surface area contributed by atoms with Crippen LogP contribution in [0.3, 0.4) is 0 Å². The molecule has 0 spiro atoms. The van der Waals surface area contributed by atoms with Crippen LogP contribution in [0.2, 0.25) is 0 Å². The third kappa shape index (κ3) is 11.1. The minimum absolute atomic E-state index is 0.0152. The first kappa shape index (κ1) is 19.7. The van der Waals surface area contributed by atoms with Crippen LogP contribution in [0.1, 0.15) is 53.4 Å². The van der Waals surface area contributed by atoms with Gasteiger partial charge in [-0.1, -0.05) is 27.2 Å². The lowest BCUT2D eigenvalue weighted by atomic mass is 10.0. The van der Waals surface area contributed by atoms with E-state index in [4.69, 9.17) is 0 Å². The number of amides is 1. The van der Waals surface area contributed by atoms with Crippen molar-refractivity contribution >= 4 is 11.9 Å². The molecule has 0 radical (unpaired) electrons. The zero-order valence-corrected chi connectivity index (χ0v) is 14.7. The Balaban J connectivity index is 4.42. The molecular formula is C16H34N4O. The minimum Gasteiger partial charge on any atom is -0.356 e. The van der Waals surface area contributed by atoms with Gasteiger partial charge in [0.05, 0.1) is 0 Å². The lowest BCUT2D eigenvalue weighted by Gasteiger charge is -2.19. The monoisotopic (exact) mass is 298 g/mol. The van der Waals surface area contributed by atoms with E-state index in [-0.39, 0.29) is 12.5 Å². The second-order valence-corrected chi connectivity index (χ2v) is 6.25. The molecule has 0 aromatic heterocycles. The molecule has 0 heterocycles. The Labute approximate surface area is 130 Å². The van der Waals surface area contributed by atoms with Crippen LogP contribution in [0, 0.1) is 5.92 Å². The predicted octanol–water partition coefficient (Wildman–Crippen LogP) is 2.23. The summed E-state index contributed by atoms with van der Waals surface area (Å²) < 4.78 is 0. The van der Waals surface area contributed by atoms with E-state index in [9.17, 15) is 4.79 Å². The summed E-state index contributed by atoms with van der Waals surface area (Å²) in [7, 11) is 3.50. The number of aliphatic imine (C=N–C) groups is 1. The van der Waals surface area contributed by atoms with Crippen molar-refractivity contribution in [3.05, 3.63) is 0 Å². The number of guanidine groups is 1. The van der Waals surface area contributed by atoms with Gasteiger partial charge in [-0.05, 0) is 32.1 Å². The van der Waals surface area contributed by atoms with Crippen LogP contribution < -0.4 is 10.6 Å². The van der Waals surface area contributed by atoms with Gasteiger partial charge in [-0.2, -0.15) is 0 Å². The normalized spacial score (nSPS) is 13.2. The fraction of sp³-hybridized carbons (Fsp3) is 0.875. The standard InChI is InChI=1S/C16H34N4O/c1-7-8-11-17-16(18-12-15(21)20(5)6)19-14(4)10-9-13(2)3/h13-14H,7-12H2,1-6H3,(H2,17,18,19). The van der Waals surface area contributed by atoms with Crippen molar-refractivity contribution in [2.45, 2.75) is 59.4 Å². The van der Waals surface area contributed by atoms with Crippen LogP contribution in [-0.2, 0) is 4.79 Å². The minimum atomic E-state index is 0.0152. The Hall–Kier alpha value is -1.26. The summed E-state index contributed by atoms with van der Waals surface area (Å²) in [6.45, 7) is 9.86. The lowest BCUT2D eigenvalue weighted by Crippen LogP contribution is -2.43. The molecule has 124 valence electrons. The van der Waals surface area contributed by atoms with Gasteiger partial charge in [0.1, 0.15) is 6.54 Å². The highest BCUT2D eigenvalue weighted by atomic mass is 16.2. The highest BCUT2D eigenvalue weighted by Crippen LogP contribution is 2.06. The van der Waals surface area contributed by atoms with Crippen LogP contribution >= 0.6 is 0 Å². The van der Waals surface area contributed by atoms with Crippen LogP contribution in [0.15, 0.2) is 4.99 Å². The molecular weight excluding hydrogens is 264 g/mol. The number of unbranched alkanes of at least 4 members (excludes halogenated alkanes) is 1. The third-order valence-corrected chi connectivity index (χ3v) is 3.25. The van der Waals surface area contributed by atoms with Gasteiger partial charge in [0.25, 0.3) is 0 Å². The first-order valence-corrected chi connectivity index (χ1v) is 8.11. The Bertz CT molecular complexity index is 313. The maximum Gasteiger partial charge on any atom is 0.243 e. The van der Waals surface area contributed by atoms with Gasteiger partial charge in [-0.15, -0.1) is 0 Å². The molecule has 0 aliphatic rings. The average Bonchev–Trinajstić information content (AvgIpc) is 2.41. The molecule has 1 amide bonds. The Kier molecular flexibility index (Phi) is 10.7. The summed E-state index contributed by atoms with van der Waals surface area (Å²) >= 11 is 0. The van der Waals surface area contributed by atoms with E-state index in [1.165, 1.54) is 6.42 Å². The summed E-state index contributed by atoms with van der Waals surface area (Å²) in [5.74, 6) is 1.47. The second-order valence-electron chi connectivity index (χ2n) is 6.25. The molecule has 1 unspecified atom stereocenters. The van der Waals surface area contributed by atoms with E-state index in [0.29, 0.717) is 12.0 Å². The zero-order chi connectivity index (χ0) is 16.3. The summed E-state index contributed by atoms with van der Waals surface area (Å²) in [5.41, 5.74) is 0. The summed E-state index contributed by atoms with van der Waals surface area (Å²) in [6.07, 6.45) is 4.53. The number of hydrogen-bond acceptors (Lipinski definition) is 2. The molecule has 0 aliphatic heterocycles. The number of hydrogen-bond donors (Lipinski definition) is 2. The van der Waals surface area contributed by atoms with Crippen molar-refractivity contribution in [3.8, 4) is 0 Å². The third-order valence-electron chi connectivity index (χ3n) is 3.25. The van der Waals surface area contributed by atoms with Crippen molar-refractivity contribution in [1.29, 1.82) is 0 Å². The fourth-order valence-electron chi connectivity index (χ4n) is 1.71. The maximum absolute atomic E-state index is 11.6. The highest BCUT2D eigenvalue weighted by molar-refractivity contribution is 5.84. The largest absolute Gasteiger partial charge is 0.356 e. The fourth-order valence-corrected chi connectivity index (χ4v) is 1.71. The maximum atomic E-state index is 11.6. The lowest BCUT2D eigenvalue weighted by molar-refractivity contribution is -0.127. The topological polar surface area (TPSA) is 56.7 Å². The molecule has 0 saturated heterocycles. The Morgan fingerprint density at radius 3 is 2.38 bits per heavy atom. The molecule has 0 fully saturated rings. The molecule has 0 aromatic carbocycles. The number of nitrogens with one attached hydrogen (secondary N) is 2. The van der Waals surface area contributed by atoms with E-state index in [1.54, 1.807) is 19.0 Å². The van der Waals surface area contributed by atoms with Gasteiger partial charge in [0.2, 0.25) is 5.91 Å². The van der Waals surface area contributed by atoms with Crippen molar-refractivity contribution in [2.24, 2.45) is 10.9 Å². The SMILES string of the molecule is CCCCNC(=NCC(=O)N(C)C)NC(C)CCC(C)C.